The van der Waals surface area contributed by atoms with Crippen molar-refractivity contribution in [2.45, 2.75) is 58.3 Å². The zero-order valence-electron chi connectivity index (χ0n) is 10.3. The lowest BCUT2D eigenvalue weighted by atomic mass is 10.2. The minimum Gasteiger partial charge on any atom is -0.403 e. The first kappa shape index (κ1) is 14.9. The molecule has 15 heavy (non-hydrogen) atoms. The van der Waals surface area contributed by atoms with Crippen molar-refractivity contribution in [3.05, 3.63) is 12.3 Å². The van der Waals surface area contributed by atoms with Crippen LogP contribution in [0, 0.1) is 0 Å². The molecular weight excluding hydrogens is 202 g/mol. The molecule has 0 aromatic rings. The van der Waals surface area contributed by atoms with Crippen molar-refractivity contribution in [3.8, 4) is 0 Å². The smallest absolute Gasteiger partial charge is 0.000744 e. The molecule has 2 N–H and O–H groups in total. The van der Waals surface area contributed by atoms with Crippen molar-refractivity contribution >= 4 is 11.8 Å². The lowest BCUT2D eigenvalue weighted by molar-refractivity contribution is 0.703. The van der Waals surface area contributed by atoms with Gasteiger partial charge in [-0.3, -0.25) is 0 Å². The van der Waals surface area contributed by atoms with Crippen molar-refractivity contribution in [2.24, 2.45) is 5.73 Å². The average Bonchev–Trinajstić information content (AvgIpc) is 2.20. The van der Waals surface area contributed by atoms with Gasteiger partial charge in [-0.1, -0.05) is 39.2 Å². The molecule has 0 saturated carbocycles. The van der Waals surface area contributed by atoms with Gasteiger partial charge < -0.3 is 5.73 Å². The van der Waals surface area contributed by atoms with Crippen LogP contribution in [-0.4, -0.2) is 11.5 Å². The fourth-order valence-electron chi connectivity index (χ4n) is 1.47. The second-order valence-corrected chi connectivity index (χ2v) is 5.37. The molecule has 90 valence electrons. The van der Waals surface area contributed by atoms with E-state index in [1.165, 1.54) is 56.5 Å². The van der Waals surface area contributed by atoms with Gasteiger partial charge in [0.1, 0.15) is 0 Å². The van der Waals surface area contributed by atoms with Crippen molar-refractivity contribution in [2.75, 3.05) is 11.5 Å². The van der Waals surface area contributed by atoms with Crippen LogP contribution in [0.3, 0.4) is 0 Å². The molecule has 0 aromatic carbocycles. The Hall–Kier alpha value is -0.110. The van der Waals surface area contributed by atoms with Crippen molar-refractivity contribution in [1.82, 2.24) is 0 Å². The number of rotatable bonds is 11. The third kappa shape index (κ3) is 13.9. The molecular formula is C13H27NS. The van der Waals surface area contributed by atoms with Crippen LogP contribution in [0.15, 0.2) is 12.3 Å². The van der Waals surface area contributed by atoms with Crippen molar-refractivity contribution in [1.29, 1.82) is 0 Å². The van der Waals surface area contributed by atoms with Gasteiger partial charge in [0.2, 0.25) is 0 Å². The van der Waals surface area contributed by atoms with Gasteiger partial charge in [-0.2, -0.15) is 11.8 Å². The number of nitrogens with two attached hydrogens (primary N) is 1. The molecule has 0 atom stereocenters. The molecule has 0 aliphatic carbocycles. The van der Waals surface area contributed by atoms with E-state index < -0.39 is 0 Å². The Morgan fingerprint density at radius 3 is 2.13 bits per heavy atom. The molecule has 0 heterocycles. The Morgan fingerprint density at radius 1 is 1.00 bits per heavy atom. The van der Waals surface area contributed by atoms with E-state index in [-0.39, 0.29) is 0 Å². The molecule has 1 nitrogen and oxygen atoms in total. The number of thioether (sulfide) groups is 1. The molecule has 0 saturated heterocycles. The SMILES string of the molecule is C=C(N)CCCCCSCCCCCC. The van der Waals surface area contributed by atoms with Crippen LogP contribution in [0.1, 0.15) is 58.3 Å². The Labute approximate surface area is 99.9 Å². The third-order valence-corrected chi connectivity index (χ3v) is 3.58. The molecule has 0 bridgehead atoms. The molecule has 0 spiro atoms. The summed E-state index contributed by atoms with van der Waals surface area (Å²) in [6, 6.07) is 0. The van der Waals surface area contributed by atoms with Crippen molar-refractivity contribution in [3.63, 3.8) is 0 Å². The van der Waals surface area contributed by atoms with Gasteiger partial charge in [-0.25, -0.2) is 0 Å². The van der Waals surface area contributed by atoms with E-state index in [0.717, 1.165) is 12.1 Å². The molecule has 0 fully saturated rings. The van der Waals surface area contributed by atoms with Crippen LogP contribution in [-0.2, 0) is 0 Å². The van der Waals surface area contributed by atoms with Gasteiger partial charge >= 0.3 is 0 Å². The Morgan fingerprint density at radius 2 is 1.60 bits per heavy atom. The molecule has 0 aliphatic rings. The summed E-state index contributed by atoms with van der Waals surface area (Å²) in [6.07, 6.45) is 10.4. The van der Waals surface area contributed by atoms with E-state index >= 15 is 0 Å². The number of allylic oxidation sites excluding steroid dienone is 1. The van der Waals surface area contributed by atoms with E-state index in [1.54, 1.807) is 0 Å². The summed E-state index contributed by atoms with van der Waals surface area (Å²) >= 11 is 2.11. The maximum Gasteiger partial charge on any atom is 0.000744 e. The van der Waals surface area contributed by atoms with Gasteiger partial charge in [-0.05, 0) is 37.2 Å². The molecule has 0 unspecified atom stereocenters. The summed E-state index contributed by atoms with van der Waals surface area (Å²) < 4.78 is 0. The average molecular weight is 229 g/mol. The second-order valence-electron chi connectivity index (χ2n) is 4.14. The van der Waals surface area contributed by atoms with Crippen molar-refractivity contribution < 1.29 is 0 Å². The standard InChI is InChI=1S/C13H27NS/c1-3-4-5-8-11-15-12-9-6-7-10-13(2)14/h2-12,14H2,1H3. The highest BCUT2D eigenvalue weighted by Crippen LogP contribution is 2.11. The van der Waals surface area contributed by atoms with E-state index in [1.807, 2.05) is 0 Å². The van der Waals surface area contributed by atoms with E-state index in [4.69, 9.17) is 5.73 Å². The molecule has 0 aliphatic heterocycles. The van der Waals surface area contributed by atoms with E-state index in [9.17, 15) is 0 Å². The number of unbranched alkanes of at least 4 members (excludes halogenated alkanes) is 5. The number of hydrogen-bond acceptors (Lipinski definition) is 2. The summed E-state index contributed by atoms with van der Waals surface area (Å²) in [5, 5.41) is 0. The first-order valence-corrected chi connectivity index (χ1v) is 7.43. The topological polar surface area (TPSA) is 26.0 Å². The fourth-order valence-corrected chi connectivity index (χ4v) is 2.49. The molecule has 2 heteroatoms. The fraction of sp³-hybridized carbons (Fsp3) is 0.846. The van der Waals surface area contributed by atoms with E-state index in [0.29, 0.717) is 0 Å². The molecule has 0 aromatic heterocycles. The highest BCUT2D eigenvalue weighted by Gasteiger charge is 1.92. The zero-order valence-corrected chi connectivity index (χ0v) is 11.1. The lowest BCUT2D eigenvalue weighted by Crippen LogP contribution is -1.94. The highest BCUT2D eigenvalue weighted by atomic mass is 32.2. The summed E-state index contributed by atoms with van der Waals surface area (Å²) in [4.78, 5) is 0. The van der Waals surface area contributed by atoms with Crippen LogP contribution in [0.25, 0.3) is 0 Å². The quantitative estimate of drug-likeness (QED) is 0.534. The zero-order chi connectivity index (χ0) is 11.4. The minimum atomic E-state index is 0.835. The van der Waals surface area contributed by atoms with Crippen LogP contribution < -0.4 is 5.73 Å². The number of hydrogen-bond donors (Lipinski definition) is 1. The van der Waals surface area contributed by atoms with Crippen LogP contribution in [0.2, 0.25) is 0 Å². The lowest BCUT2D eigenvalue weighted by Gasteiger charge is -2.02. The maximum absolute atomic E-state index is 5.50. The van der Waals surface area contributed by atoms with Crippen LogP contribution in [0.5, 0.6) is 0 Å². The van der Waals surface area contributed by atoms with Gasteiger partial charge in [0, 0.05) is 5.70 Å². The summed E-state index contributed by atoms with van der Waals surface area (Å²) in [5.74, 6) is 2.67. The summed E-state index contributed by atoms with van der Waals surface area (Å²) in [7, 11) is 0. The minimum absolute atomic E-state index is 0.835. The van der Waals surface area contributed by atoms with Crippen LogP contribution >= 0.6 is 11.8 Å². The predicted octanol–water partition coefficient (Wildman–Crippen LogP) is 4.33. The monoisotopic (exact) mass is 229 g/mol. The molecule has 0 amide bonds. The summed E-state index contributed by atoms with van der Waals surface area (Å²) in [5.41, 5.74) is 6.34. The Bertz CT molecular complexity index is 145. The highest BCUT2D eigenvalue weighted by molar-refractivity contribution is 7.99. The first-order chi connectivity index (χ1) is 7.27. The van der Waals surface area contributed by atoms with Gasteiger partial charge in [0.15, 0.2) is 0 Å². The van der Waals surface area contributed by atoms with E-state index in [2.05, 4.69) is 25.3 Å². The molecule has 0 rings (SSSR count). The molecule has 0 radical (unpaired) electrons. The third-order valence-electron chi connectivity index (χ3n) is 2.43. The summed E-state index contributed by atoms with van der Waals surface area (Å²) in [6.45, 7) is 5.97. The second kappa shape index (κ2) is 12.0. The van der Waals surface area contributed by atoms with Gasteiger partial charge in [0.05, 0.1) is 0 Å². The van der Waals surface area contributed by atoms with Gasteiger partial charge in [-0.15, -0.1) is 0 Å². The predicted molar refractivity (Wildman–Crippen MR) is 73.3 cm³/mol. The first-order valence-electron chi connectivity index (χ1n) is 6.28. The largest absolute Gasteiger partial charge is 0.403 e. The van der Waals surface area contributed by atoms with Gasteiger partial charge in [0.25, 0.3) is 0 Å². The Balaban J connectivity index is 2.89. The van der Waals surface area contributed by atoms with Crippen LogP contribution in [0.4, 0.5) is 0 Å². The maximum atomic E-state index is 5.50. The normalized spacial score (nSPS) is 10.5. The Kier molecular flexibility index (Phi) is 11.9.